The Morgan fingerprint density at radius 1 is 0.933 bits per heavy atom. The van der Waals surface area contributed by atoms with Crippen molar-refractivity contribution in [1.29, 1.82) is 0 Å². The number of anilines is 2. The number of nitrogens with zero attached hydrogens (tertiary/aromatic N) is 3. The molecule has 0 N–H and O–H groups in total. The van der Waals surface area contributed by atoms with Crippen LogP contribution in [-0.2, 0) is 0 Å². The fourth-order valence-corrected chi connectivity index (χ4v) is 1.25. The summed E-state index contributed by atoms with van der Waals surface area (Å²) in [6.07, 6.45) is 7.18. The first-order chi connectivity index (χ1) is 6.88. The predicted molar refractivity (Wildman–Crippen MR) is 63.8 cm³/mol. The number of halogens is 1. The van der Waals surface area contributed by atoms with Gasteiger partial charge < -0.3 is 4.90 Å². The summed E-state index contributed by atoms with van der Waals surface area (Å²) in [6.45, 7) is 0. The van der Waals surface area contributed by atoms with Crippen molar-refractivity contribution in [2.75, 3.05) is 11.9 Å². The molecule has 3 nitrogen and oxygen atoms in total. The summed E-state index contributed by atoms with van der Waals surface area (Å²) >= 11 is 0. The molecule has 0 atom stereocenters. The molecule has 0 unspecified atom stereocenters. The van der Waals surface area contributed by atoms with E-state index in [9.17, 15) is 0 Å². The molecule has 0 aromatic carbocycles. The van der Waals surface area contributed by atoms with Gasteiger partial charge in [-0.15, -0.1) is 12.4 Å². The van der Waals surface area contributed by atoms with Crippen LogP contribution in [0.2, 0.25) is 0 Å². The second kappa shape index (κ2) is 5.32. The number of hydrogen-bond acceptors (Lipinski definition) is 3. The van der Waals surface area contributed by atoms with E-state index in [1.165, 1.54) is 0 Å². The molecule has 78 valence electrons. The third kappa shape index (κ3) is 2.67. The molecule has 2 heterocycles. The molecule has 2 aromatic heterocycles. The van der Waals surface area contributed by atoms with Crippen molar-refractivity contribution in [3.05, 3.63) is 49.1 Å². The maximum Gasteiger partial charge on any atom is 0.0594 e. The molecule has 0 aliphatic rings. The van der Waals surface area contributed by atoms with Crippen molar-refractivity contribution >= 4 is 23.8 Å². The van der Waals surface area contributed by atoms with E-state index in [2.05, 4.69) is 9.97 Å². The van der Waals surface area contributed by atoms with Crippen LogP contribution in [0.1, 0.15) is 0 Å². The minimum Gasteiger partial charge on any atom is -0.342 e. The van der Waals surface area contributed by atoms with E-state index < -0.39 is 0 Å². The van der Waals surface area contributed by atoms with Crippen LogP contribution in [0.4, 0.5) is 11.4 Å². The normalized spacial score (nSPS) is 9.13. The lowest BCUT2D eigenvalue weighted by Crippen LogP contribution is -2.09. The average molecular weight is 222 g/mol. The van der Waals surface area contributed by atoms with Gasteiger partial charge in [0.2, 0.25) is 0 Å². The van der Waals surface area contributed by atoms with E-state index in [0.29, 0.717) is 0 Å². The Morgan fingerprint density at radius 3 is 1.73 bits per heavy atom. The van der Waals surface area contributed by atoms with E-state index in [1.807, 2.05) is 48.6 Å². The monoisotopic (exact) mass is 221 g/mol. The third-order valence-corrected chi connectivity index (χ3v) is 2.07. The highest BCUT2D eigenvalue weighted by molar-refractivity contribution is 5.85. The first-order valence-corrected chi connectivity index (χ1v) is 4.42. The largest absolute Gasteiger partial charge is 0.342 e. The summed E-state index contributed by atoms with van der Waals surface area (Å²) in [5.41, 5.74) is 2.11. The molecule has 0 saturated carbocycles. The number of hydrogen-bond donors (Lipinski definition) is 0. The topological polar surface area (TPSA) is 29.0 Å². The van der Waals surface area contributed by atoms with Crippen LogP contribution < -0.4 is 4.90 Å². The van der Waals surface area contributed by atoms with Crippen molar-refractivity contribution < 1.29 is 0 Å². The molecule has 15 heavy (non-hydrogen) atoms. The van der Waals surface area contributed by atoms with Crippen molar-refractivity contribution in [2.45, 2.75) is 0 Å². The van der Waals surface area contributed by atoms with E-state index in [-0.39, 0.29) is 12.4 Å². The smallest absolute Gasteiger partial charge is 0.0594 e. The van der Waals surface area contributed by atoms with Gasteiger partial charge in [-0.3, -0.25) is 9.97 Å². The Balaban J connectivity index is 0.00000112. The molecular formula is C11H12ClN3. The summed E-state index contributed by atoms with van der Waals surface area (Å²) in [4.78, 5) is 10.2. The lowest BCUT2D eigenvalue weighted by atomic mass is 10.3. The molecule has 0 aliphatic heterocycles. The van der Waals surface area contributed by atoms with Crippen molar-refractivity contribution in [3.63, 3.8) is 0 Å². The number of aromatic nitrogens is 2. The van der Waals surface area contributed by atoms with Gasteiger partial charge in [0.1, 0.15) is 0 Å². The highest BCUT2D eigenvalue weighted by atomic mass is 35.5. The lowest BCUT2D eigenvalue weighted by Gasteiger charge is -2.17. The fraction of sp³-hybridized carbons (Fsp3) is 0.0909. The standard InChI is InChI=1S/C11H11N3.ClH/c1-14(10-4-2-6-12-8-10)11-5-3-7-13-9-11;/h2-9H,1H3;1H. The Labute approximate surface area is 95.2 Å². The lowest BCUT2D eigenvalue weighted by molar-refractivity contribution is 1.15. The number of rotatable bonds is 2. The first-order valence-electron chi connectivity index (χ1n) is 4.42. The minimum atomic E-state index is 0. The molecular weight excluding hydrogens is 210 g/mol. The van der Waals surface area contributed by atoms with Crippen LogP contribution in [0.5, 0.6) is 0 Å². The Bertz CT molecular complexity index is 352. The van der Waals surface area contributed by atoms with E-state index >= 15 is 0 Å². The van der Waals surface area contributed by atoms with Crippen LogP contribution in [0, 0.1) is 0 Å². The summed E-state index contributed by atoms with van der Waals surface area (Å²) in [6, 6.07) is 7.87. The van der Waals surface area contributed by atoms with Gasteiger partial charge in [0.15, 0.2) is 0 Å². The molecule has 0 aliphatic carbocycles. The molecule has 2 rings (SSSR count). The van der Waals surface area contributed by atoms with Gasteiger partial charge in [-0.25, -0.2) is 0 Å². The average Bonchev–Trinajstić information content (AvgIpc) is 2.30. The maximum absolute atomic E-state index is 4.07. The minimum absolute atomic E-state index is 0. The Morgan fingerprint density at radius 2 is 1.40 bits per heavy atom. The van der Waals surface area contributed by atoms with Crippen LogP contribution in [0.3, 0.4) is 0 Å². The zero-order valence-corrected chi connectivity index (χ0v) is 9.19. The molecule has 0 fully saturated rings. The molecule has 0 spiro atoms. The zero-order valence-electron chi connectivity index (χ0n) is 8.37. The zero-order chi connectivity index (χ0) is 9.80. The molecule has 0 saturated heterocycles. The Kier molecular flexibility index (Phi) is 4.06. The summed E-state index contributed by atoms with van der Waals surface area (Å²) in [7, 11) is 1.99. The van der Waals surface area contributed by atoms with Gasteiger partial charge >= 0.3 is 0 Å². The second-order valence-electron chi connectivity index (χ2n) is 2.98. The van der Waals surface area contributed by atoms with Crippen LogP contribution in [0.15, 0.2) is 49.1 Å². The van der Waals surface area contributed by atoms with Crippen molar-refractivity contribution in [3.8, 4) is 0 Å². The van der Waals surface area contributed by atoms with E-state index in [4.69, 9.17) is 0 Å². The van der Waals surface area contributed by atoms with E-state index in [0.717, 1.165) is 11.4 Å². The highest BCUT2D eigenvalue weighted by Crippen LogP contribution is 2.20. The third-order valence-electron chi connectivity index (χ3n) is 2.07. The van der Waals surface area contributed by atoms with Crippen LogP contribution in [0.25, 0.3) is 0 Å². The van der Waals surface area contributed by atoms with Crippen LogP contribution in [-0.4, -0.2) is 17.0 Å². The van der Waals surface area contributed by atoms with Gasteiger partial charge in [-0.1, -0.05) is 0 Å². The molecule has 2 aromatic rings. The first kappa shape index (κ1) is 11.5. The van der Waals surface area contributed by atoms with Crippen molar-refractivity contribution in [2.24, 2.45) is 0 Å². The van der Waals surface area contributed by atoms with Crippen LogP contribution >= 0.6 is 12.4 Å². The molecule has 0 amide bonds. The second-order valence-corrected chi connectivity index (χ2v) is 2.98. The SMILES string of the molecule is CN(c1cccnc1)c1cccnc1.Cl. The Hall–Kier alpha value is -1.61. The number of pyridine rings is 2. The predicted octanol–water partition coefficient (Wildman–Crippen LogP) is 2.67. The summed E-state index contributed by atoms with van der Waals surface area (Å²) < 4.78 is 0. The van der Waals surface area contributed by atoms with E-state index in [1.54, 1.807) is 12.4 Å². The van der Waals surface area contributed by atoms with Gasteiger partial charge in [0.05, 0.1) is 23.8 Å². The molecule has 0 radical (unpaired) electrons. The van der Waals surface area contributed by atoms with Gasteiger partial charge in [0, 0.05) is 19.4 Å². The van der Waals surface area contributed by atoms with Gasteiger partial charge in [-0.05, 0) is 24.3 Å². The quantitative estimate of drug-likeness (QED) is 0.781. The van der Waals surface area contributed by atoms with Crippen molar-refractivity contribution in [1.82, 2.24) is 9.97 Å². The molecule has 0 bridgehead atoms. The maximum atomic E-state index is 4.07. The van der Waals surface area contributed by atoms with Gasteiger partial charge in [-0.2, -0.15) is 0 Å². The molecule has 4 heteroatoms. The fourth-order valence-electron chi connectivity index (χ4n) is 1.25. The van der Waals surface area contributed by atoms with Gasteiger partial charge in [0.25, 0.3) is 0 Å². The summed E-state index contributed by atoms with van der Waals surface area (Å²) in [5.74, 6) is 0. The highest BCUT2D eigenvalue weighted by Gasteiger charge is 2.01. The summed E-state index contributed by atoms with van der Waals surface area (Å²) in [5, 5.41) is 0.